The monoisotopic (exact) mass is 405 g/mol. The van der Waals surface area contributed by atoms with Crippen LogP contribution in [0.3, 0.4) is 0 Å². The maximum atomic E-state index is 12.1. The van der Waals surface area contributed by atoms with Gasteiger partial charge in [0.25, 0.3) is 0 Å². The Labute approximate surface area is 161 Å². The molecule has 0 aliphatic rings. The van der Waals surface area contributed by atoms with Gasteiger partial charge in [-0.3, -0.25) is 19.2 Å². The zero-order valence-corrected chi connectivity index (χ0v) is 16.3. The number of aliphatic carboxylic acids is 1. The van der Waals surface area contributed by atoms with E-state index in [9.17, 15) is 24.0 Å². The first-order chi connectivity index (χ1) is 12.5. The van der Waals surface area contributed by atoms with Crippen LogP contribution in [0.4, 0.5) is 0 Å². The molecule has 12 heteroatoms. The van der Waals surface area contributed by atoms with Crippen molar-refractivity contribution in [2.45, 2.75) is 50.9 Å². The van der Waals surface area contributed by atoms with Crippen LogP contribution in [0.2, 0.25) is 0 Å². The van der Waals surface area contributed by atoms with Crippen molar-refractivity contribution in [3.63, 3.8) is 0 Å². The number of rotatable bonds is 12. The summed E-state index contributed by atoms with van der Waals surface area (Å²) in [7, 11) is 0. The summed E-state index contributed by atoms with van der Waals surface area (Å²) in [6, 6.07) is -4.30. The number of amides is 4. The number of carboxylic acids is 1. The van der Waals surface area contributed by atoms with Crippen LogP contribution < -0.4 is 27.4 Å². The molecule has 0 aromatic rings. The normalized spacial score (nSPS) is 15.0. The summed E-state index contributed by atoms with van der Waals surface area (Å²) in [4.78, 5) is 57.8. The van der Waals surface area contributed by atoms with E-state index >= 15 is 0 Å². The molecule has 0 rings (SSSR count). The first-order valence-corrected chi connectivity index (χ1v) is 9.55. The van der Waals surface area contributed by atoms with Gasteiger partial charge in [0.1, 0.15) is 18.1 Å². The van der Waals surface area contributed by atoms with Crippen LogP contribution in [0.1, 0.15) is 26.7 Å². The van der Waals surface area contributed by atoms with E-state index in [0.717, 1.165) is 0 Å². The fourth-order valence-corrected chi connectivity index (χ4v) is 2.35. The molecular formula is C15H27N5O6S. The van der Waals surface area contributed by atoms with Crippen LogP contribution in [0.5, 0.6) is 0 Å². The van der Waals surface area contributed by atoms with Crippen molar-refractivity contribution in [2.24, 2.45) is 11.5 Å². The third-order valence-electron chi connectivity index (χ3n) is 3.49. The van der Waals surface area contributed by atoms with Gasteiger partial charge in [-0.25, -0.2) is 4.79 Å². The Bertz CT molecular complexity index is 573. The van der Waals surface area contributed by atoms with Gasteiger partial charge in [-0.1, -0.05) is 0 Å². The number of hydrogen-bond acceptors (Lipinski definition) is 7. The summed E-state index contributed by atoms with van der Waals surface area (Å²) < 4.78 is 0. The summed E-state index contributed by atoms with van der Waals surface area (Å²) in [5.41, 5.74) is 10.6. The molecule has 4 unspecified atom stereocenters. The molecule has 4 atom stereocenters. The number of nitrogens with two attached hydrogens (primary N) is 2. The van der Waals surface area contributed by atoms with Gasteiger partial charge in [-0.05, 0) is 32.3 Å². The molecule has 0 radical (unpaired) electrons. The molecule has 0 saturated heterocycles. The van der Waals surface area contributed by atoms with E-state index in [-0.39, 0.29) is 0 Å². The van der Waals surface area contributed by atoms with E-state index in [1.165, 1.54) is 13.8 Å². The molecule has 0 aliphatic carbocycles. The molecule has 0 heterocycles. The van der Waals surface area contributed by atoms with Gasteiger partial charge < -0.3 is 32.5 Å². The second-order valence-electron chi connectivity index (χ2n) is 5.92. The van der Waals surface area contributed by atoms with E-state index in [1.54, 1.807) is 11.8 Å². The number of primary amides is 1. The van der Waals surface area contributed by atoms with Gasteiger partial charge >= 0.3 is 5.97 Å². The van der Waals surface area contributed by atoms with Crippen molar-refractivity contribution in [2.75, 3.05) is 12.0 Å². The quantitative estimate of drug-likeness (QED) is 0.205. The molecule has 0 spiro atoms. The molecule has 0 aromatic heterocycles. The van der Waals surface area contributed by atoms with E-state index in [2.05, 4.69) is 16.0 Å². The Morgan fingerprint density at radius 1 is 0.963 bits per heavy atom. The minimum Gasteiger partial charge on any atom is -0.480 e. The number of carbonyl (C=O) groups excluding carboxylic acids is 4. The lowest BCUT2D eigenvalue weighted by molar-refractivity contribution is -0.143. The van der Waals surface area contributed by atoms with Gasteiger partial charge in [0, 0.05) is 0 Å². The van der Waals surface area contributed by atoms with Crippen LogP contribution in [0, 0.1) is 0 Å². The number of carbonyl (C=O) groups is 5. The third-order valence-corrected chi connectivity index (χ3v) is 4.14. The Hall–Kier alpha value is -2.34. The minimum absolute atomic E-state index is 0.455. The Morgan fingerprint density at radius 3 is 1.89 bits per heavy atom. The van der Waals surface area contributed by atoms with Crippen LogP contribution in [-0.4, -0.2) is 70.9 Å². The zero-order valence-electron chi connectivity index (χ0n) is 15.5. The molecule has 11 nitrogen and oxygen atoms in total. The predicted molar refractivity (Wildman–Crippen MR) is 99.6 cm³/mol. The highest BCUT2D eigenvalue weighted by atomic mass is 32.2. The molecule has 8 N–H and O–H groups in total. The number of nitrogens with one attached hydrogen (secondary N) is 3. The van der Waals surface area contributed by atoms with Crippen LogP contribution in [-0.2, 0) is 24.0 Å². The van der Waals surface area contributed by atoms with Crippen molar-refractivity contribution in [1.82, 2.24) is 16.0 Å². The largest absolute Gasteiger partial charge is 0.480 e. The van der Waals surface area contributed by atoms with E-state index in [0.29, 0.717) is 12.2 Å². The Balaban J connectivity index is 4.61. The molecule has 0 fully saturated rings. The Morgan fingerprint density at radius 2 is 1.44 bits per heavy atom. The molecule has 154 valence electrons. The molecule has 0 aliphatic heterocycles. The maximum Gasteiger partial charge on any atom is 0.326 e. The van der Waals surface area contributed by atoms with Gasteiger partial charge in [0.05, 0.1) is 12.5 Å². The second kappa shape index (κ2) is 12.1. The highest BCUT2D eigenvalue weighted by Crippen LogP contribution is 1.99. The smallest absolute Gasteiger partial charge is 0.326 e. The Kier molecular flexibility index (Phi) is 11.1. The first kappa shape index (κ1) is 24.7. The highest BCUT2D eigenvalue weighted by molar-refractivity contribution is 7.98. The van der Waals surface area contributed by atoms with Gasteiger partial charge in [-0.15, -0.1) is 0 Å². The van der Waals surface area contributed by atoms with E-state index in [4.69, 9.17) is 16.6 Å². The van der Waals surface area contributed by atoms with E-state index in [1.807, 2.05) is 6.26 Å². The molecule has 0 saturated carbocycles. The van der Waals surface area contributed by atoms with Crippen LogP contribution >= 0.6 is 11.8 Å². The van der Waals surface area contributed by atoms with Crippen LogP contribution in [0.15, 0.2) is 0 Å². The predicted octanol–water partition coefficient (Wildman–Crippen LogP) is -2.48. The summed E-state index contributed by atoms with van der Waals surface area (Å²) in [5, 5.41) is 15.9. The molecule has 0 aromatic carbocycles. The number of carboxylic acid groups (broad SMARTS) is 1. The fraction of sp³-hybridized carbons (Fsp3) is 0.667. The molecular weight excluding hydrogens is 378 g/mol. The standard InChI is InChI=1S/C15H27N5O6S/c1-7(19-14(24)9(16)4-5-27-3)12(22)18-8(2)13(23)20-10(15(25)26)6-11(17)21/h7-10H,4-6,16H2,1-3H3,(H2,17,21)(H,18,22)(H,19,24)(H,20,23)(H,25,26). The molecule has 0 bridgehead atoms. The molecule has 4 amide bonds. The summed E-state index contributed by atoms with van der Waals surface area (Å²) in [5.74, 6) is -3.58. The average Bonchev–Trinajstić information content (AvgIpc) is 2.57. The average molecular weight is 405 g/mol. The topological polar surface area (TPSA) is 194 Å². The SMILES string of the molecule is CSCCC(N)C(=O)NC(C)C(=O)NC(C)C(=O)NC(CC(N)=O)C(=O)O. The minimum atomic E-state index is -1.50. The lowest BCUT2D eigenvalue weighted by Gasteiger charge is -2.21. The van der Waals surface area contributed by atoms with Gasteiger partial charge in [0.2, 0.25) is 23.6 Å². The van der Waals surface area contributed by atoms with Gasteiger partial charge in [-0.2, -0.15) is 11.8 Å². The van der Waals surface area contributed by atoms with Gasteiger partial charge in [0.15, 0.2) is 0 Å². The lowest BCUT2D eigenvalue weighted by atomic mass is 10.1. The molecule has 27 heavy (non-hydrogen) atoms. The zero-order chi connectivity index (χ0) is 21.1. The van der Waals surface area contributed by atoms with Crippen LogP contribution in [0.25, 0.3) is 0 Å². The summed E-state index contributed by atoms with van der Waals surface area (Å²) in [6.07, 6.45) is 1.75. The van der Waals surface area contributed by atoms with Crippen molar-refractivity contribution < 1.29 is 29.1 Å². The number of hydrogen-bond donors (Lipinski definition) is 6. The van der Waals surface area contributed by atoms with E-state index < -0.39 is 60.2 Å². The second-order valence-corrected chi connectivity index (χ2v) is 6.90. The third kappa shape index (κ3) is 9.80. The first-order valence-electron chi connectivity index (χ1n) is 8.16. The van der Waals surface area contributed by atoms with Crippen molar-refractivity contribution in [3.8, 4) is 0 Å². The number of thioether (sulfide) groups is 1. The summed E-state index contributed by atoms with van der Waals surface area (Å²) >= 11 is 1.54. The summed E-state index contributed by atoms with van der Waals surface area (Å²) in [6.45, 7) is 2.75. The van der Waals surface area contributed by atoms with Crippen molar-refractivity contribution in [3.05, 3.63) is 0 Å². The maximum absolute atomic E-state index is 12.1. The fourth-order valence-electron chi connectivity index (χ4n) is 1.86. The highest BCUT2D eigenvalue weighted by Gasteiger charge is 2.27. The van der Waals surface area contributed by atoms with Crippen molar-refractivity contribution in [1.29, 1.82) is 0 Å². The lowest BCUT2D eigenvalue weighted by Crippen LogP contribution is -2.55. The van der Waals surface area contributed by atoms with Crippen molar-refractivity contribution >= 4 is 41.4 Å².